The first-order valence-electron chi connectivity index (χ1n) is 7.51. The van der Waals surface area contributed by atoms with Gasteiger partial charge in [-0.1, -0.05) is 0 Å². The van der Waals surface area contributed by atoms with Crippen LogP contribution in [0.4, 0.5) is 0 Å². The lowest BCUT2D eigenvalue weighted by atomic mass is 10.1. The highest BCUT2D eigenvalue weighted by Crippen LogP contribution is 2.34. The molecule has 11 heteroatoms. The van der Waals surface area contributed by atoms with Crippen LogP contribution in [0.3, 0.4) is 0 Å². The van der Waals surface area contributed by atoms with E-state index in [4.69, 9.17) is 13.9 Å². The predicted molar refractivity (Wildman–Crippen MR) is 85.5 cm³/mol. The maximum Gasteiger partial charge on any atom is 0.295 e. The molecule has 2 aromatic rings. The van der Waals surface area contributed by atoms with Gasteiger partial charge in [0.05, 0.1) is 12.5 Å². The lowest BCUT2D eigenvalue weighted by molar-refractivity contribution is -0.254. The highest BCUT2D eigenvalue weighted by Gasteiger charge is 2.50. The Morgan fingerprint density at radius 1 is 1.15 bits per heavy atom. The number of aliphatic hydroxyl groups excluding tert-OH is 3. The van der Waals surface area contributed by atoms with E-state index in [0.29, 0.717) is 16.8 Å². The summed E-state index contributed by atoms with van der Waals surface area (Å²) in [5.74, 6) is 0.149. The van der Waals surface area contributed by atoms with Crippen LogP contribution in [-0.4, -0.2) is 63.3 Å². The minimum atomic E-state index is -4.87. The summed E-state index contributed by atoms with van der Waals surface area (Å²) in [6.45, 7) is 1.68. The lowest BCUT2D eigenvalue weighted by Gasteiger charge is -2.38. The summed E-state index contributed by atoms with van der Waals surface area (Å²) >= 11 is 0. The van der Waals surface area contributed by atoms with Gasteiger partial charge in [0, 0.05) is 11.8 Å². The molecule has 5 atom stereocenters. The molecule has 26 heavy (non-hydrogen) atoms. The summed E-state index contributed by atoms with van der Waals surface area (Å²) in [5, 5.41) is 29.7. The van der Waals surface area contributed by atoms with Crippen LogP contribution in [0.5, 0.6) is 5.75 Å². The number of aliphatic hydroxyl groups is 3. The van der Waals surface area contributed by atoms with Gasteiger partial charge in [0.15, 0.2) is 5.75 Å². The van der Waals surface area contributed by atoms with Crippen LogP contribution in [0.25, 0.3) is 11.3 Å². The molecule has 1 saturated heterocycles. The van der Waals surface area contributed by atoms with Gasteiger partial charge in [-0.25, -0.2) is 0 Å². The summed E-state index contributed by atoms with van der Waals surface area (Å²) in [6, 6.07) is 3.23. The smallest absolute Gasteiger partial charge is 0.295 e. The van der Waals surface area contributed by atoms with Gasteiger partial charge in [0.25, 0.3) is 10.1 Å². The van der Waals surface area contributed by atoms with Gasteiger partial charge in [-0.3, -0.25) is 9.54 Å². The Morgan fingerprint density at radius 3 is 2.50 bits per heavy atom. The summed E-state index contributed by atoms with van der Waals surface area (Å²) in [5.41, 5.74) is -0.712. The third-order valence-corrected chi connectivity index (χ3v) is 4.93. The molecule has 0 amide bonds. The molecule has 0 spiro atoms. The molecule has 1 aliphatic heterocycles. The Morgan fingerprint density at radius 2 is 1.88 bits per heavy atom. The topological polar surface area (TPSA) is 160 Å². The van der Waals surface area contributed by atoms with Gasteiger partial charge >= 0.3 is 0 Å². The monoisotopic (exact) mass is 387 g/mol. The first-order valence-corrected chi connectivity index (χ1v) is 9.01. The highest BCUT2D eigenvalue weighted by atomic mass is 32.2. The number of hydrogen-bond donors (Lipinski definition) is 4. The van der Waals surface area contributed by atoms with Crippen LogP contribution >= 0.6 is 0 Å². The van der Waals surface area contributed by atoms with E-state index in [2.05, 4.69) is 4.98 Å². The Hall–Kier alpha value is -2.02. The lowest BCUT2D eigenvalue weighted by Crippen LogP contribution is -2.61. The molecule has 1 fully saturated rings. The largest absolute Gasteiger partial charge is 0.472 e. The standard InChI is InChI=1S/C15H17NO9S/c1-7-2-4-16-9(8-3-5-23-6-8)13(7)24-14-11(18)10(17)12(19)15(25-14)26(20,21)22/h2-6,10-12,14-15,17-19H,1H3,(H,20,21,22)/t10-,11-,12+,14-,15?/m1/s1. The van der Waals surface area contributed by atoms with E-state index >= 15 is 0 Å². The SMILES string of the molecule is Cc1ccnc(-c2ccoc2)c1O[C@@H]1OC(S(=O)(=O)O)[C@@H](O)[C@H](O)[C@H]1O. The molecule has 0 saturated carbocycles. The Balaban J connectivity index is 1.96. The van der Waals surface area contributed by atoms with Crippen LogP contribution in [0, 0.1) is 6.92 Å². The van der Waals surface area contributed by atoms with Crippen LogP contribution in [-0.2, 0) is 14.9 Å². The molecule has 0 aliphatic carbocycles. The van der Waals surface area contributed by atoms with Crippen molar-refractivity contribution in [1.29, 1.82) is 0 Å². The molecule has 3 rings (SSSR count). The number of aromatic nitrogens is 1. The second kappa shape index (κ2) is 6.95. The van der Waals surface area contributed by atoms with Crippen molar-refractivity contribution in [3.05, 3.63) is 36.4 Å². The minimum absolute atomic E-state index is 0.149. The van der Waals surface area contributed by atoms with E-state index < -0.39 is 40.2 Å². The molecule has 4 N–H and O–H groups in total. The molecule has 1 aliphatic rings. The first kappa shape index (κ1) is 18.8. The fourth-order valence-corrected chi connectivity index (χ4v) is 3.34. The van der Waals surface area contributed by atoms with E-state index in [-0.39, 0.29) is 5.75 Å². The maximum absolute atomic E-state index is 11.4. The molecule has 1 unspecified atom stereocenters. The third-order valence-electron chi connectivity index (χ3n) is 3.95. The zero-order valence-corrected chi connectivity index (χ0v) is 14.3. The molecular formula is C15H17NO9S. The van der Waals surface area contributed by atoms with Crippen molar-refractivity contribution in [3.8, 4) is 17.0 Å². The summed E-state index contributed by atoms with van der Waals surface area (Å²) in [7, 11) is -4.87. The number of hydrogen-bond acceptors (Lipinski definition) is 9. The highest BCUT2D eigenvalue weighted by molar-refractivity contribution is 7.86. The van der Waals surface area contributed by atoms with Crippen LogP contribution in [0.2, 0.25) is 0 Å². The van der Waals surface area contributed by atoms with Crippen LogP contribution in [0.15, 0.2) is 35.3 Å². The maximum atomic E-state index is 11.4. The van der Waals surface area contributed by atoms with Gasteiger partial charge in [-0.15, -0.1) is 0 Å². The number of aryl methyl sites for hydroxylation is 1. The van der Waals surface area contributed by atoms with E-state index in [0.717, 1.165) is 0 Å². The van der Waals surface area contributed by atoms with Gasteiger partial charge < -0.3 is 29.2 Å². The number of pyridine rings is 1. The zero-order chi connectivity index (χ0) is 19.1. The molecule has 142 valence electrons. The summed E-state index contributed by atoms with van der Waals surface area (Å²) in [4.78, 5) is 4.17. The van der Waals surface area contributed by atoms with Crippen molar-refractivity contribution in [1.82, 2.24) is 4.98 Å². The number of nitrogens with zero attached hydrogens (tertiary/aromatic N) is 1. The van der Waals surface area contributed by atoms with Gasteiger partial charge in [0.1, 0.15) is 24.0 Å². The second-order valence-electron chi connectivity index (χ2n) is 5.80. The quantitative estimate of drug-likeness (QED) is 0.512. The van der Waals surface area contributed by atoms with Crippen molar-refractivity contribution in [2.45, 2.75) is 37.0 Å². The van der Waals surface area contributed by atoms with E-state index in [1.807, 2.05) is 0 Å². The average Bonchev–Trinajstić information content (AvgIpc) is 3.10. The van der Waals surface area contributed by atoms with Crippen molar-refractivity contribution < 1.29 is 42.2 Å². The van der Waals surface area contributed by atoms with Crippen molar-refractivity contribution in [2.75, 3.05) is 0 Å². The first-order chi connectivity index (χ1) is 12.2. The predicted octanol–water partition coefficient (Wildman–Crippen LogP) is -0.318. The number of rotatable bonds is 4. The van der Waals surface area contributed by atoms with Crippen LogP contribution in [0.1, 0.15) is 5.56 Å². The third kappa shape index (κ3) is 3.45. The summed E-state index contributed by atoms with van der Waals surface area (Å²) in [6.07, 6.45) is -3.09. The normalized spacial score (nSPS) is 29.5. The number of furan rings is 1. The Kier molecular flexibility index (Phi) is 5.01. The summed E-state index contributed by atoms with van der Waals surface area (Å²) < 4.78 is 47.5. The number of ether oxygens (including phenoxy) is 2. The van der Waals surface area contributed by atoms with E-state index in [1.54, 1.807) is 19.1 Å². The van der Waals surface area contributed by atoms with E-state index in [1.165, 1.54) is 18.7 Å². The zero-order valence-electron chi connectivity index (χ0n) is 13.5. The van der Waals surface area contributed by atoms with Gasteiger partial charge in [-0.2, -0.15) is 8.42 Å². The molecule has 2 aromatic heterocycles. The molecule has 10 nitrogen and oxygen atoms in total. The van der Waals surface area contributed by atoms with Crippen molar-refractivity contribution >= 4 is 10.1 Å². The Labute approximate surface area is 148 Å². The molecule has 3 heterocycles. The molecule has 0 aromatic carbocycles. The Bertz CT molecular complexity index is 867. The fourth-order valence-electron chi connectivity index (χ4n) is 2.58. The average molecular weight is 387 g/mol. The molecular weight excluding hydrogens is 370 g/mol. The van der Waals surface area contributed by atoms with Gasteiger partial charge in [0.2, 0.25) is 11.7 Å². The fraction of sp³-hybridized carbons (Fsp3) is 0.400. The second-order valence-corrected chi connectivity index (χ2v) is 7.29. The molecule has 0 bridgehead atoms. The minimum Gasteiger partial charge on any atom is -0.472 e. The van der Waals surface area contributed by atoms with Crippen molar-refractivity contribution in [3.63, 3.8) is 0 Å². The van der Waals surface area contributed by atoms with E-state index in [9.17, 15) is 28.3 Å². The molecule has 0 radical (unpaired) electrons. The van der Waals surface area contributed by atoms with Crippen molar-refractivity contribution in [2.24, 2.45) is 0 Å². The van der Waals surface area contributed by atoms with Gasteiger partial charge in [-0.05, 0) is 24.6 Å². The van der Waals surface area contributed by atoms with Crippen LogP contribution < -0.4 is 4.74 Å².